The highest BCUT2D eigenvalue weighted by Gasteiger charge is 2.24. The molecular weight excluding hydrogens is 270 g/mol. The molecule has 3 rings (SSSR count). The van der Waals surface area contributed by atoms with Crippen LogP contribution in [0.15, 0.2) is 17.5 Å². The minimum absolute atomic E-state index is 0.124. The fraction of sp³-hybridized carbons (Fsp3) is 0.364. The van der Waals surface area contributed by atoms with E-state index in [9.17, 15) is 4.79 Å². The van der Waals surface area contributed by atoms with Crippen LogP contribution in [0.4, 0.5) is 5.13 Å². The van der Waals surface area contributed by atoms with Gasteiger partial charge >= 0.3 is 0 Å². The zero-order valence-electron chi connectivity index (χ0n) is 9.46. The summed E-state index contributed by atoms with van der Waals surface area (Å²) in [6.07, 6.45) is 1.39. The third-order valence-electron chi connectivity index (χ3n) is 2.61. The summed E-state index contributed by atoms with van der Waals surface area (Å²) in [5.74, 6) is -0.124. The second-order valence-electron chi connectivity index (χ2n) is 3.88. The molecule has 5 nitrogen and oxygen atoms in total. The summed E-state index contributed by atoms with van der Waals surface area (Å²) in [5.41, 5.74) is 0. The van der Waals surface area contributed by atoms with Crippen molar-refractivity contribution in [1.82, 2.24) is 10.2 Å². The summed E-state index contributed by atoms with van der Waals surface area (Å²) in [6.45, 7) is 0.661. The van der Waals surface area contributed by atoms with Gasteiger partial charge in [0.25, 0.3) is 5.91 Å². The van der Waals surface area contributed by atoms with Crippen LogP contribution in [0, 0.1) is 0 Å². The summed E-state index contributed by atoms with van der Waals surface area (Å²) in [4.78, 5) is 12.9. The number of hydrogen-bond donors (Lipinski definition) is 1. The Kier molecular flexibility index (Phi) is 3.35. The lowest BCUT2D eigenvalue weighted by Crippen LogP contribution is -2.26. The van der Waals surface area contributed by atoms with Crippen LogP contribution in [0.5, 0.6) is 0 Å². The molecule has 0 spiro atoms. The van der Waals surface area contributed by atoms with Crippen LogP contribution < -0.4 is 5.32 Å². The van der Waals surface area contributed by atoms with E-state index in [4.69, 9.17) is 4.74 Å². The number of carbonyl (C=O) groups excluding carboxylic acids is 1. The number of hydrogen-bond acceptors (Lipinski definition) is 6. The largest absolute Gasteiger partial charge is 0.368 e. The van der Waals surface area contributed by atoms with Crippen molar-refractivity contribution >= 4 is 33.7 Å². The Morgan fingerprint density at radius 2 is 2.44 bits per heavy atom. The number of amides is 1. The topological polar surface area (TPSA) is 64.1 Å². The predicted octanol–water partition coefficient (Wildman–Crippen LogP) is 2.38. The van der Waals surface area contributed by atoms with Gasteiger partial charge in [-0.05, 0) is 24.3 Å². The molecule has 1 fully saturated rings. The number of nitrogens with one attached hydrogen (secondary N) is 1. The van der Waals surface area contributed by atoms with E-state index in [1.54, 1.807) is 11.3 Å². The maximum absolute atomic E-state index is 11.8. The second kappa shape index (κ2) is 5.13. The first-order chi connectivity index (χ1) is 8.83. The van der Waals surface area contributed by atoms with Crippen LogP contribution in [0.3, 0.4) is 0 Å². The molecular formula is C11H11N3O2S2. The standard InChI is InChI=1S/C11H11N3O2S2/c15-9(7-3-1-5-16-7)12-11-14-13-10(18-11)8-4-2-6-17-8/h2,4,6-7H,1,3,5H2,(H,12,14,15)/t7-/m0/s1. The van der Waals surface area contributed by atoms with Crippen LogP contribution in [0.25, 0.3) is 9.88 Å². The molecule has 94 valence electrons. The van der Waals surface area contributed by atoms with Gasteiger partial charge in [-0.2, -0.15) is 0 Å². The zero-order chi connectivity index (χ0) is 12.4. The SMILES string of the molecule is O=C(Nc1nnc(-c2cccs2)s1)[C@@H]1CCCO1. The second-order valence-corrected chi connectivity index (χ2v) is 5.81. The van der Waals surface area contributed by atoms with Crippen molar-refractivity contribution in [1.29, 1.82) is 0 Å². The van der Waals surface area contributed by atoms with E-state index >= 15 is 0 Å². The van der Waals surface area contributed by atoms with Crippen LogP contribution in [-0.4, -0.2) is 28.8 Å². The smallest absolute Gasteiger partial charge is 0.255 e. The normalized spacial score (nSPS) is 19.0. The van der Waals surface area contributed by atoms with Gasteiger partial charge < -0.3 is 4.74 Å². The fourth-order valence-electron chi connectivity index (χ4n) is 1.74. The van der Waals surface area contributed by atoms with Gasteiger partial charge in [-0.25, -0.2) is 0 Å². The highest BCUT2D eigenvalue weighted by molar-refractivity contribution is 7.23. The number of rotatable bonds is 3. The molecule has 1 aliphatic heterocycles. The molecule has 3 heterocycles. The van der Waals surface area contributed by atoms with Crippen molar-refractivity contribution in [2.24, 2.45) is 0 Å². The van der Waals surface area contributed by atoms with E-state index < -0.39 is 0 Å². The Balaban J connectivity index is 1.68. The molecule has 2 aromatic heterocycles. The number of aromatic nitrogens is 2. The Morgan fingerprint density at radius 1 is 1.50 bits per heavy atom. The number of anilines is 1. The Labute approximate surface area is 112 Å². The highest BCUT2D eigenvalue weighted by atomic mass is 32.1. The van der Waals surface area contributed by atoms with Gasteiger partial charge in [0.1, 0.15) is 6.10 Å². The van der Waals surface area contributed by atoms with Crippen molar-refractivity contribution in [2.75, 3.05) is 11.9 Å². The first kappa shape index (κ1) is 11.8. The van der Waals surface area contributed by atoms with Gasteiger partial charge in [-0.15, -0.1) is 21.5 Å². The lowest BCUT2D eigenvalue weighted by molar-refractivity contribution is -0.124. The first-order valence-electron chi connectivity index (χ1n) is 5.63. The van der Waals surface area contributed by atoms with Gasteiger partial charge in [-0.3, -0.25) is 10.1 Å². The van der Waals surface area contributed by atoms with Crippen molar-refractivity contribution < 1.29 is 9.53 Å². The van der Waals surface area contributed by atoms with E-state index in [-0.39, 0.29) is 12.0 Å². The molecule has 0 unspecified atom stereocenters. The molecule has 1 aliphatic rings. The Morgan fingerprint density at radius 3 is 3.17 bits per heavy atom. The molecule has 0 saturated carbocycles. The number of thiophene rings is 1. The summed E-state index contributed by atoms with van der Waals surface area (Å²) in [5, 5.41) is 14.1. The predicted molar refractivity (Wildman–Crippen MR) is 70.8 cm³/mol. The number of nitrogens with zero attached hydrogens (tertiary/aromatic N) is 2. The van der Waals surface area contributed by atoms with E-state index in [1.807, 2.05) is 17.5 Å². The molecule has 18 heavy (non-hydrogen) atoms. The van der Waals surface area contributed by atoms with Gasteiger partial charge in [0.15, 0.2) is 5.01 Å². The van der Waals surface area contributed by atoms with Crippen LogP contribution in [0.1, 0.15) is 12.8 Å². The molecule has 0 bridgehead atoms. The van der Waals surface area contributed by atoms with Crippen molar-refractivity contribution in [3.05, 3.63) is 17.5 Å². The quantitative estimate of drug-likeness (QED) is 0.938. The van der Waals surface area contributed by atoms with Crippen molar-refractivity contribution in [2.45, 2.75) is 18.9 Å². The van der Waals surface area contributed by atoms with E-state index in [2.05, 4.69) is 15.5 Å². The lowest BCUT2D eigenvalue weighted by Gasteiger charge is -2.06. The number of carbonyl (C=O) groups is 1. The number of ether oxygens (including phenoxy) is 1. The summed E-state index contributed by atoms with van der Waals surface area (Å²) in [7, 11) is 0. The van der Waals surface area contributed by atoms with Gasteiger partial charge in [0, 0.05) is 6.61 Å². The third-order valence-corrected chi connectivity index (χ3v) is 4.49. The molecule has 7 heteroatoms. The van der Waals surface area contributed by atoms with E-state index in [0.29, 0.717) is 11.7 Å². The van der Waals surface area contributed by atoms with Crippen LogP contribution in [0.2, 0.25) is 0 Å². The monoisotopic (exact) mass is 281 g/mol. The third kappa shape index (κ3) is 2.43. The zero-order valence-corrected chi connectivity index (χ0v) is 11.1. The molecule has 0 aromatic carbocycles. The molecule has 1 atom stereocenters. The average molecular weight is 281 g/mol. The fourth-order valence-corrected chi connectivity index (χ4v) is 3.28. The highest BCUT2D eigenvalue weighted by Crippen LogP contribution is 2.29. The Hall–Kier alpha value is -1.31. The van der Waals surface area contributed by atoms with E-state index in [0.717, 1.165) is 22.7 Å². The molecule has 0 aliphatic carbocycles. The van der Waals surface area contributed by atoms with Crippen molar-refractivity contribution in [3.63, 3.8) is 0 Å². The lowest BCUT2D eigenvalue weighted by atomic mass is 10.2. The van der Waals surface area contributed by atoms with Crippen molar-refractivity contribution in [3.8, 4) is 9.88 Å². The molecule has 1 amide bonds. The summed E-state index contributed by atoms with van der Waals surface area (Å²) >= 11 is 2.98. The van der Waals surface area contributed by atoms with Crippen LogP contribution in [-0.2, 0) is 9.53 Å². The maximum atomic E-state index is 11.8. The van der Waals surface area contributed by atoms with Gasteiger partial charge in [-0.1, -0.05) is 17.4 Å². The summed E-state index contributed by atoms with van der Waals surface area (Å²) < 4.78 is 5.31. The van der Waals surface area contributed by atoms with Gasteiger partial charge in [0.2, 0.25) is 5.13 Å². The van der Waals surface area contributed by atoms with E-state index in [1.165, 1.54) is 11.3 Å². The molecule has 1 saturated heterocycles. The average Bonchev–Trinajstić information content (AvgIpc) is 3.12. The Bertz CT molecular complexity index is 532. The molecule has 2 aromatic rings. The minimum atomic E-state index is -0.334. The first-order valence-corrected chi connectivity index (χ1v) is 7.32. The van der Waals surface area contributed by atoms with Gasteiger partial charge in [0.05, 0.1) is 4.88 Å². The minimum Gasteiger partial charge on any atom is -0.368 e. The molecule has 1 N–H and O–H groups in total. The van der Waals surface area contributed by atoms with Crippen LogP contribution >= 0.6 is 22.7 Å². The maximum Gasteiger partial charge on any atom is 0.255 e. The summed E-state index contributed by atoms with van der Waals surface area (Å²) in [6, 6.07) is 3.95. The molecule has 0 radical (unpaired) electrons.